The molecule has 380 valence electrons. The van der Waals surface area contributed by atoms with Crippen LogP contribution in [0.3, 0.4) is 0 Å². The van der Waals surface area contributed by atoms with E-state index in [4.69, 9.17) is 42.6 Å². The molecule has 1 heterocycles. The number of carbonyl (C=O) groups excluding carboxylic acids is 5. The quantitative estimate of drug-likeness (QED) is 0.0400. The lowest BCUT2D eigenvalue weighted by Gasteiger charge is -2.29. The predicted molar refractivity (Wildman–Crippen MR) is 252 cm³/mol. The Morgan fingerprint density at radius 1 is 0.588 bits per heavy atom. The smallest absolute Gasteiger partial charge is 0.308 e. The van der Waals surface area contributed by atoms with Gasteiger partial charge in [0.2, 0.25) is 11.8 Å². The van der Waals surface area contributed by atoms with Gasteiger partial charge in [-0.15, -0.1) is 4.91 Å². The first-order valence-corrected chi connectivity index (χ1v) is 23.2. The number of nitroso groups, excluding NO2 is 1. The van der Waals surface area contributed by atoms with E-state index in [1.54, 1.807) is 48.5 Å². The standard InChI is InChI=1S/C49H74N4O15/c1-47(2,3)68-43(55)17-21-65-33-48(4,5)35-67-36-49(6,7)34-66-31-30-61-22-18-50-44(56)41(32-37-12-14-38(52-59)15-13-37)51-42(54)16-20-60-24-26-63-28-29-64-27-25-62-23-19-53-45(57)39-10-8-9-11-40(39)46(53)58/h8-15,41H,16-36H2,1-7H3,(H,50,56)(H,51,54). The molecule has 0 bridgehead atoms. The van der Waals surface area contributed by atoms with Gasteiger partial charge in [0.1, 0.15) is 17.3 Å². The molecule has 1 aliphatic rings. The van der Waals surface area contributed by atoms with Crippen LogP contribution in [0.1, 0.15) is 87.6 Å². The summed E-state index contributed by atoms with van der Waals surface area (Å²) in [4.78, 5) is 74.9. The first-order chi connectivity index (χ1) is 32.4. The second kappa shape index (κ2) is 30.7. The van der Waals surface area contributed by atoms with Crippen molar-refractivity contribution < 1.29 is 66.6 Å². The van der Waals surface area contributed by atoms with Crippen molar-refractivity contribution >= 4 is 35.3 Å². The summed E-state index contributed by atoms with van der Waals surface area (Å²) in [5, 5.41) is 8.52. The largest absolute Gasteiger partial charge is 0.460 e. The minimum Gasteiger partial charge on any atom is -0.460 e. The van der Waals surface area contributed by atoms with Gasteiger partial charge in [-0.05, 0) is 55.8 Å². The van der Waals surface area contributed by atoms with Crippen LogP contribution in [0.4, 0.5) is 5.69 Å². The van der Waals surface area contributed by atoms with Crippen LogP contribution in [0.5, 0.6) is 0 Å². The monoisotopic (exact) mass is 959 g/mol. The van der Waals surface area contributed by atoms with Crippen LogP contribution in [0, 0.1) is 15.7 Å². The third-order valence-corrected chi connectivity index (χ3v) is 9.82. The maximum Gasteiger partial charge on any atom is 0.308 e. The van der Waals surface area contributed by atoms with Crippen LogP contribution in [-0.2, 0) is 63.4 Å². The Morgan fingerprint density at radius 2 is 1.06 bits per heavy atom. The maximum absolute atomic E-state index is 13.2. The number of carbonyl (C=O) groups is 5. The number of hydrogen-bond donors (Lipinski definition) is 2. The minimum absolute atomic E-state index is 0.0195. The fraction of sp³-hybridized carbons (Fsp3) is 0.653. The van der Waals surface area contributed by atoms with Crippen LogP contribution in [0.25, 0.3) is 0 Å². The summed E-state index contributed by atoms with van der Waals surface area (Å²) in [6.45, 7) is 19.2. The molecular weight excluding hydrogens is 885 g/mol. The van der Waals surface area contributed by atoms with Crippen molar-refractivity contribution in [2.75, 3.05) is 119 Å². The number of fused-ring (bicyclic) bond motifs is 1. The summed E-state index contributed by atoms with van der Waals surface area (Å²) in [6, 6.07) is 12.3. The van der Waals surface area contributed by atoms with Crippen molar-refractivity contribution in [1.82, 2.24) is 15.5 Å². The molecule has 0 aliphatic carbocycles. The predicted octanol–water partition coefficient (Wildman–Crippen LogP) is 4.83. The second-order valence-corrected chi connectivity index (χ2v) is 18.8. The van der Waals surface area contributed by atoms with Crippen molar-refractivity contribution in [1.29, 1.82) is 0 Å². The Hall–Kier alpha value is -4.73. The van der Waals surface area contributed by atoms with E-state index in [-0.39, 0.29) is 112 Å². The third-order valence-electron chi connectivity index (χ3n) is 9.82. The fourth-order valence-electron chi connectivity index (χ4n) is 6.45. The lowest BCUT2D eigenvalue weighted by molar-refractivity contribution is -0.156. The maximum atomic E-state index is 13.2. The van der Waals surface area contributed by atoms with Gasteiger partial charge in [0.05, 0.1) is 130 Å². The van der Waals surface area contributed by atoms with E-state index in [1.165, 1.54) is 4.90 Å². The molecule has 0 saturated heterocycles. The van der Waals surface area contributed by atoms with Crippen molar-refractivity contribution in [3.8, 4) is 0 Å². The van der Waals surface area contributed by atoms with Crippen LogP contribution < -0.4 is 10.6 Å². The van der Waals surface area contributed by atoms with E-state index >= 15 is 0 Å². The van der Waals surface area contributed by atoms with Gasteiger partial charge in [-0.2, -0.15) is 0 Å². The first-order valence-electron chi connectivity index (χ1n) is 23.2. The Labute approximate surface area is 400 Å². The molecule has 2 aromatic carbocycles. The number of benzene rings is 2. The zero-order valence-electron chi connectivity index (χ0n) is 41.1. The summed E-state index contributed by atoms with van der Waals surface area (Å²) in [7, 11) is 0. The molecule has 0 spiro atoms. The summed E-state index contributed by atoms with van der Waals surface area (Å²) < 4.78 is 50.6. The van der Waals surface area contributed by atoms with Crippen molar-refractivity contribution in [2.24, 2.45) is 16.0 Å². The highest BCUT2D eigenvalue weighted by molar-refractivity contribution is 6.21. The molecule has 0 aromatic heterocycles. The van der Waals surface area contributed by atoms with Crippen LogP contribution >= 0.6 is 0 Å². The molecule has 4 amide bonds. The highest BCUT2D eigenvalue weighted by Crippen LogP contribution is 2.23. The first kappa shape index (κ1) is 57.6. The molecule has 0 saturated carbocycles. The molecule has 1 aliphatic heterocycles. The lowest BCUT2D eigenvalue weighted by Crippen LogP contribution is -2.48. The zero-order valence-corrected chi connectivity index (χ0v) is 41.1. The number of nitrogens with one attached hydrogen (secondary N) is 2. The van der Waals surface area contributed by atoms with Gasteiger partial charge in [-0.3, -0.25) is 28.9 Å². The van der Waals surface area contributed by atoms with Crippen LogP contribution in [-0.4, -0.2) is 165 Å². The molecule has 68 heavy (non-hydrogen) atoms. The number of rotatable bonds is 37. The molecule has 0 fully saturated rings. The minimum atomic E-state index is -0.891. The van der Waals surface area contributed by atoms with Gasteiger partial charge in [0, 0.05) is 30.2 Å². The van der Waals surface area contributed by atoms with E-state index in [9.17, 15) is 28.9 Å². The van der Waals surface area contributed by atoms with E-state index < -0.39 is 17.6 Å². The van der Waals surface area contributed by atoms with Crippen molar-refractivity contribution in [3.63, 3.8) is 0 Å². The molecule has 2 N–H and O–H groups in total. The number of nitrogens with zero attached hydrogens (tertiary/aromatic N) is 2. The molecule has 19 heteroatoms. The van der Waals surface area contributed by atoms with Gasteiger partial charge >= 0.3 is 5.97 Å². The highest BCUT2D eigenvalue weighted by Gasteiger charge is 2.34. The molecule has 0 radical (unpaired) electrons. The Kier molecular flexibility index (Phi) is 26.0. The van der Waals surface area contributed by atoms with E-state index in [0.29, 0.717) is 77.2 Å². The molecule has 2 aromatic rings. The summed E-state index contributed by atoms with van der Waals surface area (Å²) in [6.07, 6.45) is 0.403. The lowest BCUT2D eigenvalue weighted by atomic mass is 9.94. The summed E-state index contributed by atoms with van der Waals surface area (Å²) >= 11 is 0. The van der Waals surface area contributed by atoms with Crippen LogP contribution in [0.2, 0.25) is 0 Å². The number of amides is 4. The van der Waals surface area contributed by atoms with Crippen molar-refractivity contribution in [2.45, 2.75) is 79.4 Å². The molecule has 1 atom stereocenters. The molecular formula is C49H74N4O15. The average molecular weight is 959 g/mol. The summed E-state index contributed by atoms with van der Waals surface area (Å²) in [5.74, 6) is -1.68. The third kappa shape index (κ3) is 24.0. The number of ether oxygens (including phenoxy) is 9. The Bertz CT molecular complexity index is 1820. The topological polar surface area (TPSA) is 225 Å². The van der Waals surface area contributed by atoms with E-state index in [2.05, 4.69) is 29.7 Å². The number of esters is 1. The van der Waals surface area contributed by atoms with Gasteiger partial charge in [0.25, 0.3) is 11.8 Å². The van der Waals surface area contributed by atoms with Crippen LogP contribution in [0.15, 0.2) is 53.7 Å². The second-order valence-electron chi connectivity index (χ2n) is 18.8. The SMILES string of the molecule is CC(C)(COCCOCCNC(=O)C(Cc1ccc(N=O)cc1)NC(=O)CCOCCOCCOCCOCCN1C(=O)c2ccccc2C1=O)COCC(C)(C)COCCC(=O)OC(C)(C)C. The molecule has 1 unspecified atom stereocenters. The highest BCUT2D eigenvalue weighted by atomic mass is 16.6. The van der Waals surface area contributed by atoms with E-state index in [0.717, 1.165) is 5.56 Å². The summed E-state index contributed by atoms with van der Waals surface area (Å²) in [5.41, 5.74) is 0.787. The Morgan fingerprint density at radius 3 is 1.60 bits per heavy atom. The van der Waals surface area contributed by atoms with Gasteiger partial charge < -0.3 is 53.3 Å². The number of imide groups is 1. The van der Waals surface area contributed by atoms with Gasteiger partial charge in [-0.25, -0.2) is 0 Å². The zero-order chi connectivity index (χ0) is 49.8. The molecule has 19 nitrogen and oxygen atoms in total. The normalized spacial score (nSPS) is 13.4. The van der Waals surface area contributed by atoms with Gasteiger partial charge in [0.15, 0.2) is 0 Å². The van der Waals surface area contributed by atoms with Gasteiger partial charge in [-0.1, -0.05) is 52.0 Å². The Balaban J connectivity index is 1.21. The van der Waals surface area contributed by atoms with E-state index in [1.807, 2.05) is 34.6 Å². The fourth-order valence-corrected chi connectivity index (χ4v) is 6.45. The number of hydrogen-bond acceptors (Lipinski definition) is 16. The van der Waals surface area contributed by atoms with Crippen molar-refractivity contribution in [3.05, 3.63) is 70.1 Å². The molecule has 3 rings (SSSR count). The average Bonchev–Trinajstić information content (AvgIpc) is 3.52.